The van der Waals surface area contributed by atoms with Crippen LogP contribution < -0.4 is 24.8 Å². The molecule has 0 radical (unpaired) electrons. The number of ether oxygens (including phenoxy) is 4. The largest absolute Gasteiger partial charge is 0.493 e. The summed E-state index contributed by atoms with van der Waals surface area (Å²) < 4.78 is 21.8. The van der Waals surface area contributed by atoms with Crippen molar-refractivity contribution in [2.24, 2.45) is 0 Å². The maximum Gasteiger partial charge on any atom is 0.356 e. The van der Waals surface area contributed by atoms with E-state index in [-0.39, 0.29) is 11.1 Å². The van der Waals surface area contributed by atoms with Crippen LogP contribution in [-0.4, -0.2) is 44.9 Å². The van der Waals surface area contributed by atoms with Gasteiger partial charge in [0.25, 0.3) is 0 Å². The van der Waals surface area contributed by atoms with Gasteiger partial charge in [0.1, 0.15) is 11.4 Å². The fourth-order valence-electron chi connectivity index (χ4n) is 4.84. The third-order valence-corrected chi connectivity index (χ3v) is 6.86. The Labute approximate surface area is 240 Å². The van der Waals surface area contributed by atoms with E-state index >= 15 is 0 Å². The lowest BCUT2D eigenvalue weighted by Crippen LogP contribution is -2.21. The number of hydrogen-bond donors (Lipinski definition) is 3. The van der Waals surface area contributed by atoms with E-state index in [2.05, 4.69) is 15.6 Å². The molecule has 0 aliphatic rings. The number of benzene rings is 3. The summed E-state index contributed by atoms with van der Waals surface area (Å²) in [6.07, 6.45) is 0.673. The average molecular weight is 560 g/mol. The van der Waals surface area contributed by atoms with Crippen LogP contribution in [0.3, 0.4) is 0 Å². The highest BCUT2D eigenvalue weighted by Crippen LogP contribution is 2.35. The summed E-state index contributed by atoms with van der Waals surface area (Å²) >= 11 is 0. The van der Waals surface area contributed by atoms with E-state index in [9.17, 15) is 9.59 Å². The number of aromatic nitrogens is 1. The SMILES string of the molecule is COC(=O)c1[nH]c(C(C)(C)C)c(C)c1NC(=O)Nc1ccc(OCCc2ccc(OC)c(OC)c2)c2ccccc12. The summed E-state index contributed by atoms with van der Waals surface area (Å²) in [6.45, 7) is 8.40. The fourth-order valence-corrected chi connectivity index (χ4v) is 4.84. The first-order chi connectivity index (χ1) is 19.6. The van der Waals surface area contributed by atoms with Gasteiger partial charge >= 0.3 is 12.0 Å². The molecular formula is C32H37N3O6. The third-order valence-electron chi connectivity index (χ3n) is 6.86. The van der Waals surface area contributed by atoms with Gasteiger partial charge in [-0.3, -0.25) is 0 Å². The molecule has 1 aromatic heterocycles. The molecule has 216 valence electrons. The number of hydrogen-bond acceptors (Lipinski definition) is 6. The second-order valence-corrected chi connectivity index (χ2v) is 10.6. The van der Waals surface area contributed by atoms with E-state index in [1.54, 1.807) is 20.3 Å². The Hall–Kier alpha value is -4.66. The number of fused-ring (bicyclic) bond motifs is 1. The Morgan fingerprint density at radius 1 is 0.854 bits per heavy atom. The van der Waals surface area contributed by atoms with Crippen LogP contribution in [0, 0.1) is 6.92 Å². The van der Waals surface area contributed by atoms with E-state index < -0.39 is 12.0 Å². The van der Waals surface area contributed by atoms with Gasteiger partial charge in [0.15, 0.2) is 11.5 Å². The zero-order valence-corrected chi connectivity index (χ0v) is 24.6. The molecular weight excluding hydrogens is 522 g/mol. The highest BCUT2D eigenvalue weighted by atomic mass is 16.5. The van der Waals surface area contributed by atoms with Gasteiger partial charge in [-0.1, -0.05) is 51.1 Å². The van der Waals surface area contributed by atoms with Crippen molar-refractivity contribution in [3.63, 3.8) is 0 Å². The molecule has 3 N–H and O–H groups in total. The van der Waals surface area contributed by atoms with Crippen LogP contribution in [0.25, 0.3) is 10.8 Å². The summed E-state index contributed by atoms with van der Waals surface area (Å²) in [4.78, 5) is 28.8. The number of amides is 2. The molecule has 0 saturated carbocycles. The molecule has 0 aliphatic carbocycles. The standard InChI is InChI=1S/C32H37N3O6/c1-19-27(28(30(36)40-7)34-29(19)32(2,3)4)35-31(37)33-23-13-15-24(22-11-9-8-10-21(22)23)41-17-16-20-12-14-25(38-5)26(18-20)39-6/h8-15,18,34H,16-17H2,1-7H3,(H2,33,35,37). The number of carbonyl (C=O) groups is 2. The molecule has 0 spiro atoms. The number of methoxy groups -OCH3 is 3. The maximum absolute atomic E-state index is 13.2. The lowest BCUT2D eigenvalue weighted by molar-refractivity contribution is 0.0595. The lowest BCUT2D eigenvalue weighted by atomic mass is 9.90. The number of aromatic amines is 1. The summed E-state index contributed by atoms with van der Waals surface area (Å²) in [7, 11) is 4.53. The summed E-state index contributed by atoms with van der Waals surface area (Å²) in [6, 6.07) is 16.7. The van der Waals surface area contributed by atoms with Crippen molar-refractivity contribution in [3.8, 4) is 17.2 Å². The number of esters is 1. The molecule has 41 heavy (non-hydrogen) atoms. The minimum Gasteiger partial charge on any atom is -0.493 e. The van der Waals surface area contributed by atoms with Crippen LogP contribution in [0.15, 0.2) is 54.6 Å². The van der Waals surface area contributed by atoms with Gasteiger partial charge in [0.05, 0.1) is 39.3 Å². The van der Waals surface area contributed by atoms with Gasteiger partial charge in [-0.15, -0.1) is 0 Å². The van der Waals surface area contributed by atoms with Crippen molar-refractivity contribution in [1.29, 1.82) is 0 Å². The summed E-state index contributed by atoms with van der Waals surface area (Å²) in [5, 5.41) is 7.46. The van der Waals surface area contributed by atoms with Gasteiger partial charge in [0.2, 0.25) is 0 Å². The second kappa shape index (κ2) is 12.2. The second-order valence-electron chi connectivity index (χ2n) is 10.6. The number of carbonyl (C=O) groups excluding carboxylic acids is 2. The van der Waals surface area contributed by atoms with Gasteiger partial charge in [-0.05, 0) is 42.3 Å². The molecule has 4 aromatic rings. The van der Waals surface area contributed by atoms with E-state index in [1.807, 2.05) is 76.2 Å². The molecule has 1 heterocycles. The Morgan fingerprint density at radius 3 is 2.20 bits per heavy atom. The molecule has 0 bridgehead atoms. The van der Waals surface area contributed by atoms with Crippen LogP contribution in [0.1, 0.15) is 48.1 Å². The lowest BCUT2D eigenvalue weighted by Gasteiger charge is -2.18. The molecule has 0 unspecified atom stereocenters. The number of H-pyrrole nitrogens is 1. The van der Waals surface area contributed by atoms with Crippen LogP contribution in [0.5, 0.6) is 17.2 Å². The van der Waals surface area contributed by atoms with Crippen LogP contribution in [-0.2, 0) is 16.6 Å². The molecule has 9 heteroatoms. The van der Waals surface area contributed by atoms with Gasteiger partial charge in [-0.25, -0.2) is 9.59 Å². The number of anilines is 2. The average Bonchev–Trinajstić information content (AvgIpc) is 3.29. The topological polar surface area (TPSA) is 111 Å². The van der Waals surface area contributed by atoms with Crippen molar-refractivity contribution in [3.05, 3.63) is 77.1 Å². The zero-order valence-electron chi connectivity index (χ0n) is 24.6. The highest BCUT2D eigenvalue weighted by Gasteiger charge is 2.27. The summed E-state index contributed by atoms with van der Waals surface area (Å²) in [5.74, 6) is 1.50. The monoisotopic (exact) mass is 559 g/mol. The molecule has 0 saturated heterocycles. The number of nitrogens with one attached hydrogen (secondary N) is 3. The Kier molecular flexibility index (Phi) is 8.76. The van der Waals surface area contributed by atoms with Crippen molar-refractivity contribution in [1.82, 2.24) is 4.98 Å². The van der Waals surface area contributed by atoms with Gasteiger partial charge < -0.3 is 34.6 Å². The zero-order chi connectivity index (χ0) is 29.7. The smallest absolute Gasteiger partial charge is 0.356 e. The van der Waals surface area contributed by atoms with Crippen molar-refractivity contribution >= 4 is 34.1 Å². The molecule has 0 atom stereocenters. The number of urea groups is 1. The van der Waals surface area contributed by atoms with Crippen LogP contribution in [0.2, 0.25) is 0 Å². The number of rotatable bonds is 9. The Morgan fingerprint density at radius 2 is 1.54 bits per heavy atom. The van der Waals surface area contributed by atoms with Crippen LogP contribution >= 0.6 is 0 Å². The van der Waals surface area contributed by atoms with E-state index in [4.69, 9.17) is 18.9 Å². The van der Waals surface area contributed by atoms with E-state index in [0.717, 1.165) is 27.6 Å². The highest BCUT2D eigenvalue weighted by molar-refractivity contribution is 6.09. The molecule has 3 aromatic carbocycles. The maximum atomic E-state index is 13.2. The first kappa shape index (κ1) is 29.3. The molecule has 0 fully saturated rings. The van der Waals surface area contributed by atoms with Crippen LogP contribution in [0.4, 0.5) is 16.2 Å². The predicted molar refractivity (Wildman–Crippen MR) is 161 cm³/mol. The minimum atomic E-state index is -0.557. The van der Waals surface area contributed by atoms with Crippen molar-refractivity contribution in [2.75, 3.05) is 38.6 Å². The Bertz CT molecular complexity index is 1570. The van der Waals surface area contributed by atoms with Gasteiger partial charge in [-0.2, -0.15) is 0 Å². The van der Waals surface area contributed by atoms with Gasteiger partial charge in [0, 0.05) is 28.3 Å². The molecule has 0 aliphatic heterocycles. The fraction of sp³-hybridized carbons (Fsp3) is 0.312. The summed E-state index contributed by atoms with van der Waals surface area (Å²) in [5.41, 5.74) is 3.60. The first-order valence-electron chi connectivity index (χ1n) is 13.3. The molecule has 4 rings (SSSR count). The molecule has 9 nitrogen and oxygen atoms in total. The van der Waals surface area contributed by atoms with Crippen molar-refractivity contribution in [2.45, 2.75) is 39.5 Å². The quantitative estimate of drug-likeness (QED) is 0.194. The minimum absolute atomic E-state index is 0.202. The Balaban J connectivity index is 1.52. The van der Waals surface area contributed by atoms with E-state index in [1.165, 1.54) is 7.11 Å². The normalized spacial score (nSPS) is 11.2. The van der Waals surface area contributed by atoms with E-state index in [0.29, 0.717) is 41.7 Å². The first-order valence-corrected chi connectivity index (χ1v) is 13.3. The molecule has 2 amide bonds. The third kappa shape index (κ3) is 6.40. The predicted octanol–water partition coefficient (Wildman–Crippen LogP) is 6.84. The van der Waals surface area contributed by atoms with Crippen molar-refractivity contribution < 1.29 is 28.5 Å².